The minimum Gasteiger partial charge on any atom is -0.316 e. The van der Waals surface area contributed by atoms with Crippen LogP contribution in [-0.4, -0.2) is 27.8 Å². The van der Waals surface area contributed by atoms with Crippen molar-refractivity contribution in [3.8, 4) is 0 Å². The Bertz CT molecular complexity index is 318. The monoisotopic (exact) mass is 182 g/mol. The third-order valence-corrected chi connectivity index (χ3v) is 2.14. The second kappa shape index (κ2) is 3.14. The molecule has 0 atom stereocenters. The lowest BCUT2D eigenvalue weighted by Crippen LogP contribution is -2.44. The maximum Gasteiger partial charge on any atom is 0.306 e. The average Bonchev–Trinajstić information content (AvgIpc) is 2.44. The van der Waals surface area contributed by atoms with Crippen LogP contribution in [-0.2, 0) is 6.54 Å². The highest BCUT2D eigenvalue weighted by molar-refractivity contribution is 5.20. The molecule has 1 aliphatic heterocycles. The molecular formula is C7H10N4O2. The van der Waals surface area contributed by atoms with E-state index in [4.69, 9.17) is 0 Å². The van der Waals surface area contributed by atoms with Crippen molar-refractivity contribution in [1.82, 2.24) is 15.1 Å². The van der Waals surface area contributed by atoms with Crippen molar-refractivity contribution < 1.29 is 4.92 Å². The topological polar surface area (TPSA) is 73.0 Å². The van der Waals surface area contributed by atoms with Crippen molar-refractivity contribution in [3.63, 3.8) is 0 Å². The van der Waals surface area contributed by atoms with Crippen LogP contribution in [0.5, 0.6) is 0 Å². The first-order chi connectivity index (χ1) is 6.25. The second-order valence-corrected chi connectivity index (χ2v) is 3.20. The van der Waals surface area contributed by atoms with Gasteiger partial charge in [-0.1, -0.05) is 0 Å². The number of rotatable bonds is 3. The van der Waals surface area contributed by atoms with Crippen molar-refractivity contribution in [1.29, 1.82) is 0 Å². The largest absolute Gasteiger partial charge is 0.316 e. The van der Waals surface area contributed by atoms with Gasteiger partial charge in [0.2, 0.25) is 0 Å². The van der Waals surface area contributed by atoms with Gasteiger partial charge < -0.3 is 5.32 Å². The summed E-state index contributed by atoms with van der Waals surface area (Å²) in [6.07, 6.45) is 2.75. The molecule has 6 nitrogen and oxygen atoms in total. The lowest BCUT2D eigenvalue weighted by Gasteiger charge is -2.26. The zero-order chi connectivity index (χ0) is 9.26. The van der Waals surface area contributed by atoms with E-state index in [2.05, 4.69) is 10.4 Å². The maximum atomic E-state index is 10.3. The van der Waals surface area contributed by atoms with Crippen molar-refractivity contribution in [3.05, 3.63) is 22.5 Å². The number of nitro groups is 1. The summed E-state index contributed by atoms with van der Waals surface area (Å²) >= 11 is 0. The van der Waals surface area contributed by atoms with Gasteiger partial charge in [0.1, 0.15) is 12.4 Å². The highest BCUT2D eigenvalue weighted by Gasteiger charge is 2.18. The first kappa shape index (κ1) is 8.18. The van der Waals surface area contributed by atoms with Crippen molar-refractivity contribution in [2.45, 2.75) is 6.54 Å². The fraction of sp³-hybridized carbons (Fsp3) is 0.571. The molecule has 0 aliphatic carbocycles. The summed E-state index contributed by atoms with van der Waals surface area (Å²) in [4.78, 5) is 9.90. The van der Waals surface area contributed by atoms with Crippen LogP contribution in [0, 0.1) is 16.0 Å². The molecule has 0 spiro atoms. The second-order valence-electron chi connectivity index (χ2n) is 3.20. The molecule has 1 aromatic rings. The first-order valence-corrected chi connectivity index (χ1v) is 4.13. The number of hydrogen-bond donors (Lipinski definition) is 1. The van der Waals surface area contributed by atoms with E-state index in [-0.39, 0.29) is 5.69 Å². The Balaban J connectivity index is 2.00. The molecule has 1 saturated heterocycles. The van der Waals surface area contributed by atoms with Crippen molar-refractivity contribution in [2.75, 3.05) is 13.1 Å². The SMILES string of the molecule is O=[N+]([O-])c1cnn(CC2CNC2)c1. The minimum absolute atomic E-state index is 0.0623. The molecule has 0 radical (unpaired) electrons. The predicted octanol–water partition coefficient (Wildman–Crippen LogP) is 0.0107. The van der Waals surface area contributed by atoms with E-state index in [1.165, 1.54) is 12.4 Å². The zero-order valence-electron chi connectivity index (χ0n) is 7.01. The van der Waals surface area contributed by atoms with Gasteiger partial charge in [-0.25, -0.2) is 0 Å². The van der Waals surface area contributed by atoms with E-state index in [1.807, 2.05) is 0 Å². The Morgan fingerprint density at radius 2 is 2.54 bits per heavy atom. The quantitative estimate of drug-likeness (QED) is 0.528. The fourth-order valence-corrected chi connectivity index (χ4v) is 1.29. The van der Waals surface area contributed by atoms with Crippen LogP contribution in [0.2, 0.25) is 0 Å². The van der Waals surface area contributed by atoms with Crippen molar-refractivity contribution >= 4 is 5.69 Å². The lowest BCUT2D eigenvalue weighted by molar-refractivity contribution is -0.385. The predicted molar refractivity (Wildman–Crippen MR) is 45.2 cm³/mol. The molecule has 1 N–H and O–H groups in total. The Morgan fingerprint density at radius 3 is 3.00 bits per heavy atom. The Morgan fingerprint density at radius 1 is 1.77 bits per heavy atom. The molecule has 1 fully saturated rings. The van der Waals surface area contributed by atoms with E-state index in [0.29, 0.717) is 5.92 Å². The van der Waals surface area contributed by atoms with Gasteiger partial charge >= 0.3 is 5.69 Å². The average molecular weight is 182 g/mol. The molecule has 2 rings (SSSR count). The summed E-state index contributed by atoms with van der Waals surface area (Å²) in [7, 11) is 0. The molecule has 2 heterocycles. The molecular weight excluding hydrogens is 172 g/mol. The molecule has 13 heavy (non-hydrogen) atoms. The van der Waals surface area contributed by atoms with Gasteiger partial charge in [0.25, 0.3) is 0 Å². The first-order valence-electron chi connectivity index (χ1n) is 4.13. The van der Waals surface area contributed by atoms with E-state index in [1.54, 1.807) is 4.68 Å². The maximum absolute atomic E-state index is 10.3. The Hall–Kier alpha value is -1.43. The Kier molecular flexibility index (Phi) is 1.97. The molecule has 0 saturated carbocycles. The van der Waals surface area contributed by atoms with Gasteiger partial charge in [-0.05, 0) is 0 Å². The number of aromatic nitrogens is 2. The number of hydrogen-bond acceptors (Lipinski definition) is 4. The van der Waals surface area contributed by atoms with Crippen LogP contribution in [0.4, 0.5) is 5.69 Å². The number of nitrogens with zero attached hydrogens (tertiary/aromatic N) is 3. The summed E-state index contributed by atoms with van der Waals surface area (Å²) in [5, 5.41) is 17.4. The van der Waals surface area contributed by atoms with E-state index >= 15 is 0 Å². The van der Waals surface area contributed by atoms with Crippen LogP contribution in [0.15, 0.2) is 12.4 Å². The van der Waals surface area contributed by atoms with Gasteiger partial charge in [0.05, 0.1) is 4.92 Å². The fourth-order valence-electron chi connectivity index (χ4n) is 1.29. The van der Waals surface area contributed by atoms with Crippen LogP contribution < -0.4 is 5.32 Å². The molecule has 0 bridgehead atoms. The van der Waals surface area contributed by atoms with Gasteiger partial charge in [0, 0.05) is 25.6 Å². The standard InChI is InChI=1S/C7H10N4O2/c12-11(13)7-3-9-10(5-7)4-6-1-8-2-6/h3,5-6,8H,1-2,4H2. The lowest BCUT2D eigenvalue weighted by atomic mass is 10.0. The third-order valence-electron chi connectivity index (χ3n) is 2.14. The highest BCUT2D eigenvalue weighted by Crippen LogP contribution is 2.11. The van der Waals surface area contributed by atoms with E-state index < -0.39 is 4.92 Å². The Labute approximate surface area is 74.7 Å². The van der Waals surface area contributed by atoms with Gasteiger partial charge in [0.15, 0.2) is 0 Å². The summed E-state index contributed by atoms with van der Waals surface area (Å²) in [6, 6.07) is 0. The minimum atomic E-state index is -0.428. The molecule has 0 amide bonds. The molecule has 0 unspecified atom stereocenters. The van der Waals surface area contributed by atoms with Crippen molar-refractivity contribution in [2.24, 2.45) is 5.92 Å². The third kappa shape index (κ3) is 1.67. The van der Waals surface area contributed by atoms with Gasteiger partial charge in [-0.2, -0.15) is 5.10 Å². The molecule has 0 aromatic carbocycles. The molecule has 1 aliphatic rings. The van der Waals surface area contributed by atoms with Crippen LogP contribution >= 0.6 is 0 Å². The van der Waals surface area contributed by atoms with Crippen LogP contribution in [0.25, 0.3) is 0 Å². The summed E-state index contributed by atoms with van der Waals surface area (Å²) < 4.78 is 1.63. The normalized spacial score (nSPS) is 16.9. The van der Waals surface area contributed by atoms with Gasteiger partial charge in [-0.15, -0.1) is 0 Å². The molecule has 1 aromatic heterocycles. The van der Waals surface area contributed by atoms with E-state index in [0.717, 1.165) is 19.6 Å². The molecule has 6 heteroatoms. The van der Waals surface area contributed by atoms with Gasteiger partial charge in [-0.3, -0.25) is 14.8 Å². The van der Waals surface area contributed by atoms with Crippen LogP contribution in [0.3, 0.4) is 0 Å². The van der Waals surface area contributed by atoms with E-state index in [9.17, 15) is 10.1 Å². The smallest absolute Gasteiger partial charge is 0.306 e. The van der Waals surface area contributed by atoms with Crippen LogP contribution in [0.1, 0.15) is 0 Å². The summed E-state index contributed by atoms with van der Waals surface area (Å²) in [6.45, 7) is 2.72. The molecule has 70 valence electrons. The summed E-state index contributed by atoms with van der Waals surface area (Å²) in [5.74, 6) is 0.569. The number of nitrogens with one attached hydrogen (secondary N) is 1. The summed E-state index contributed by atoms with van der Waals surface area (Å²) in [5.41, 5.74) is 0.0623. The highest BCUT2D eigenvalue weighted by atomic mass is 16.6. The zero-order valence-corrected chi connectivity index (χ0v) is 7.01.